The highest BCUT2D eigenvalue weighted by Gasteiger charge is 2.21. The lowest BCUT2D eigenvalue weighted by molar-refractivity contribution is 0.188. The average Bonchev–Trinajstić information content (AvgIpc) is 3.16. The molecule has 3 rings (SSSR count). The molecule has 1 saturated heterocycles. The molecule has 1 aromatic heterocycles. The molecule has 1 N–H and O–H groups in total. The summed E-state index contributed by atoms with van der Waals surface area (Å²) in [5, 5.41) is 3.50. The van der Waals surface area contributed by atoms with Crippen LogP contribution in [0, 0.1) is 0 Å². The maximum absolute atomic E-state index is 5.95. The SMILES string of the molecule is CC1CCCCCN1Cc1ccc(CNC2CC2)o1. The zero-order chi connectivity index (χ0) is 13.1. The highest BCUT2D eigenvalue weighted by atomic mass is 16.3. The van der Waals surface area contributed by atoms with Crippen molar-refractivity contribution in [3.63, 3.8) is 0 Å². The van der Waals surface area contributed by atoms with Crippen LogP contribution in [0.15, 0.2) is 16.5 Å². The standard InChI is InChI=1S/C16H26N2O/c1-13-5-3-2-4-10-18(13)12-16-9-8-15(19-16)11-17-14-6-7-14/h8-9,13-14,17H,2-7,10-12H2,1H3. The first-order chi connectivity index (χ1) is 9.31. The van der Waals surface area contributed by atoms with Crippen molar-refractivity contribution >= 4 is 0 Å². The molecule has 0 spiro atoms. The molecule has 2 aliphatic rings. The van der Waals surface area contributed by atoms with Gasteiger partial charge < -0.3 is 9.73 Å². The summed E-state index contributed by atoms with van der Waals surface area (Å²) in [5.41, 5.74) is 0. The van der Waals surface area contributed by atoms with Gasteiger partial charge in [0.25, 0.3) is 0 Å². The molecule has 1 aliphatic carbocycles. The van der Waals surface area contributed by atoms with Gasteiger partial charge in [-0.2, -0.15) is 0 Å². The van der Waals surface area contributed by atoms with Crippen molar-refractivity contribution < 1.29 is 4.42 Å². The summed E-state index contributed by atoms with van der Waals surface area (Å²) in [6, 6.07) is 5.73. The van der Waals surface area contributed by atoms with Crippen LogP contribution in [0.25, 0.3) is 0 Å². The molecule has 19 heavy (non-hydrogen) atoms. The summed E-state index contributed by atoms with van der Waals surface area (Å²) in [6.07, 6.45) is 8.09. The Bertz CT molecular complexity index is 397. The number of nitrogens with one attached hydrogen (secondary N) is 1. The summed E-state index contributed by atoms with van der Waals surface area (Å²) in [4.78, 5) is 2.57. The van der Waals surface area contributed by atoms with Crippen LogP contribution in [-0.4, -0.2) is 23.5 Å². The van der Waals surface area contributed by atoms with Gasteiger partial charge >= 0.3 is 0 Å². The fourth-order valence-electron chi connectivity index (χ4n) is 2.90. The summed E-state index contributed by atoms with van der Waals surface area (Å²) in [5.74, 6) is 2.21. The maximum atomic E-state index is 5.95. The molecule has 1 atom stereocenters. The first-order valence-corrected chi connectivity index (χ1v) is 7.86. The Hall–Kier alpha value is -0.800. The number of furan rings is 1. The van der Waals surface area contributed by atoms with E-state index >= 15 is 0 Å². The smallest absolute Gasteiger partial charge is 0.118 e. The summed E-state index contributed by atoms with van der Waals surface area (Å²) in [7, 11) is 0. The minimum atomic E-state index is 0.695. The predicted molar refractivity (Wildman–Crippen MR) is 76.9 cm³/mol. The van der Waals surface area contributed by atoms with Crippen LogP contribution in [0.4, 0.5) is 0 Å². The lowest BCUT2D eigenvalue weighted by Gasteiger charge is -2.25. The van der Waals surface area contributed by atoms with Crippen LogP contribution in [0.5, 0.6) is 0 Å². The molecular weight excluding hydrogens is 236 g/mol. The largest absolute Gasteiger partial charge is 0.463 e. The first-order valence-electron chi connectivity index (χ1n) is 7.86. The quantitative estimate of drug-likeness (QED) is 0.882. The van der Waals surface area contributed by atoms with Crippen molar-refractivity contribution in [1.29, 1.82) is 0 Å². The van der Waals surface area contributed by atoms with Gasteiger partial charge in [-0.05, 0) is 51.3 Å². The van der Waals surface area contributed by atoms with E-state index in [1.54, 1.807) is 0 Å². The number of hydrogen-bond donors (Lipinski definition) is 1. The van der Waals surface area contributed by atoms with Crippen molar-refractivity contribution in [3.05, 3.63) is 23.7 Å². The second-order valence-corrected chi connectivity index (χ2v) is 6.19. The lowest BCUT2D eigenvalue weighted by Crippen LogP contribution is -2.31. The van der Waals surface area contributed by atoms with E-state index in [2.05, 4.69) is 29.3 Å². The first kappa shape index (κ1) is 13.2. The Labute approximate surface area is 116 Å². The van der Waals surface area contributed by atoms with Gasteiger partial charge in [0, 0.05) is 12.1 Å². The Morgan fingerprint density at radius 3 is 2.84 bits per heavy atom. The van der Waals surface area contributed by atoms with Gasteiger partial charge in [-0.15, -0.1) is 0 Å². The van der Waals surface area contributed by atoms with Gasteiger partial charge in [0.05, 0.1) is 13.1 Å². The molecule has 0 bridgehead atoms. The molecule has 1 unspecified atom stereocenters. The van der Waals surface area contributed by atoms with E-state index in [0.717, 1.165) is 30.7 Å². The Kier molecular flexibility index (Phi) is 4.24. The van der Waals surface area contributed by atoms with Crippen molar-refractivity contribution in [3.8, 4) is 0 Å². The van der Waals surface area contributed by atoms with E-state index in [1.807, 2.05) is 0 Å². The lowest BCUT2D eigenvalue weighted by atomic mass is 10.1. The van der Waals surface area contributed by atoms with Crippen molar-refractivity contribution in [2.45, 2.75) is 70.6 Å². The highest BCUT2D eigenvalue weighted by molar-refractivity contribution is 5.07. The van der Waals surface area contributed by atoms with Crippen LogP contribution >= 0.6 is 0 Å². The monoisotopic (exact) mass is 262 g/mol. The number of nitrogens with zero attached hydrogens (tertiary/aromatic N) is 1. The van der Waals surface area contributed by atoms with Crippen LogP contribution in [-0.2, 0) is 13.1 Å². The normalized spacial score (nSPS) is 25.4. The van der Waals surface area contributed by atoms with Gasteiger partial charge in [-0.3, -0.25) is 4.90 Å². The number of hydrogen-bond acceptors (Lipinski definition) is 3. The van der Waals surface area contributed by atoms with Gasteiger partial charge in [-0.25, -0.2) is 0 Å². The summed E-state index contributed by atoms with van der Waals surface area (Å²) in [6.45, 7) is 5.44. The fourth-order valence-corrected chi connectivity index (χ4v) is 2.90. The third-order valence-electron chi connectivity index (χ3n) is 4.41. The summed E-state index contributed by atoms with van der Waals surface area (Å²) < 4.78 is 5.95. The predicted octanol–water partition coefficient (Wildman–Crippen LogP) is 3.30. The second-order valence-electron chi connectivity index (χ2n) is 6.19. The third-order valence-corrected chi connectivity index (χ3v) is 4.41. The molecule has 3 heteroatoms. The molecule has 1 aromatic rings. The van der Waals surface area contributed by atoms with E-state index in [0.29, 0.717) is 6.04 Å². The topological polar surface area (TPSA) is 28.4 Å². The molecule has 0 radical (unpaired) electrons. The van der Waals surface area contributed by atoms with Gasteiger partial charge in [0.1, 0.15) is 11.5 Å². The van der Waals surface area contributed by atoms with Crippen molar-refractivity contribution in [2.75, 3.05) is 6.54 Å². The minimum absolute atomic E-state index is 0.695. The van der Waals surface area contributed by atoms with Crippen LogP contribution < -0.4 is 5.32 Å². The fraction of sp³-hybridized carbons (Fsp3) is 0.750. The van der Waals surface area contributed by atoms with Gasteiger partial charge in [0.2, 0.25) is 0 Å². The van der Waals surface area contributed by atoms with Crippen LogP contribution in [0.2, 0.25) is 0 Å². The molecule has 2 fully saturated rings. The highest BCUT2D eigenvalue weighted by Crippen LogP contribution is 2.21. The van der Waals surface area contributed by atoms with E-state index in [-0.39, 0.29) is 0 Å². The van der Waals surface area contributed by atoms with Crippen LogP contribution in [0.1, 0.15) is 57.0 Å². The second kappa shape index (κ2) is 6.10. The van der Waals surface area contributed by atoms with E-state index < -0.39 is 0 Å². The maximum Gasteiger partial charge on any atom is 0.118 e. The Morgan fingerprint density at radius 1 is 1.16 bits per heavy atom. The van der Waals surface area contributed by atoms with Crippen LogP contribution in [0.3, 0.4) is 0 Å². The minimum Gasteiger partial charge on any atom is -0.463 e. The molecule has 3 nitrogen and oxygen atoms in total. The zero-order valence-corrected chi connectivity index (χ0v) is 12.0. The van der Waals surface area contributed by atoms with Gasteiger partial charge in [0.15, 0.2) is 0 Å². The number of rotatable bonds is 5. The van der Waals surface area contributed by atoms with Crippen molar-refractivity contribution in [1.82, 2.24) is 10.2 Å². The Balaban J connectivity index is 1.52. The van der Waals surface area contributed by atoms with E-state index in [1.165, 1.54) is 45.1 Å². The number of likely N-dealkylation sites (tertiary alicyclic amines) is 1. The molecular formula is C16H26N2O. The van der Waals surface area contributed by atoms with E-state index in [9.17, 15) is 0 Å². The third kappa shape index (κ3) is 3.83. The molecule has 2 heterocycles. The van der Waals surface area contributed by atoms with E-state index in [4.69, 9.17) is 4.42 Å². The Morgan fingerprint density at radius 2 is 2.00 bits per heavy atom. The molecule has 106 valence electrons. The molecule has 1 aliphatic heterocycles. The molecule has 0 aromatic carbocycles. The summed E-state index contributed by atoms with van der Waals surface area (Å²) >= 11 is 0. The zero-order valence-electron chi connectivity index (χ0n) is 12.0. The molecule has 0 amide bonds. The van der Waals surface area contributed by atoms with Gasteiger partial charge in [-0.1, -0.05) is 12.8 Å². The average molecular weight is 262 g/mol. The molecule has 1 saturated carbocycles. The van der Waals surface area contributed by atoms with Crippen molar-refractivity contribution in [2.24, 2.45) is 0 Å².